The fraction of sp³-hybridized carbons (Fsp3) is 0.308. The molecular weight excluding hydrogens is 296 g/mol. The standard InChI is InChI=1S/C13H15BrN2O2/c1-8(9-6-15-7-9)13(17)16-10-3-4-12(18-2)11(14)5-10/h3-5,15H,6-7H2,1-2H3,(H,16,17). The van der Waals surface area contributed by atoms with Crippen molar-refractivity contribution in [1.29, 1.82) is 0 Å². The quantitative estimate of drug-likeness (QED) is 0.842. The van der Waals surface area contributed by atoms with Crippen LogP contribution in [0.2, 0.25) is 0 Å². The number of carbonyl (C=O) groups excluding carboxylic acids is 1. The van der Waals surface area contributed by atoms with Crippen LogP contribution in [-0.4, -0.2) is 26.1 Å². The average Bonchev–Trinajstić information content (AvgIpc) is 2.26. The first-order valence-electron chi connectivity index (χ1n) is 5.66. The highest BCUT2D eigenvalue weighted by molar-refractivity contribution is 9.10. The van der Waals surface area contributed by atoms with E-state index in [1.807, 2.05) is 25.1 Å². The molecular formula is C13H15BrN2O2. The molecule has 0 bridgehead atoms. The number of carbonyl (C=O) groups is 1. The van der Waals surface area contributed by atoms with Gasteiger partial charge in [0.15, 0.2) is 0 Å². The van der Waals surface area contributed by atoms with Gasteiger partial charge in [-0.15, -0.1) is 0 Å². The van der Waals surface area contributed by atoms with E-state index in [0.29, 0.717) is 0 Å². The lowest BCUT2D eigenvalue weighted by Gasteiger charge is -2.21. The molecule has 1 fully saturated rings. The number of anilines is 1. The number of hydrogen-bond donors (Lipinski definition) is 2. The summed E-state index contributed by atoms with van der Waals surface area (Å²) in [5.41, 5.74) is 2.71. The summed E-state index contributed by atoms with van der Waals surface area (Å²) in [6.45, 7) is 3.47. The molecule has 1 amide bonds. The fourth-order valence-corrected chi connectivity index (χ4v) is 2.19. The van der Waals surface area contributed by atoms with Crippen LogP contribution in [0.3, 0.4) is 0 Å². The van der Waals surface area contributed by atoms with Crippen LogP contribution in [0.1, 0.15) is 6.92 Å². The van der Waals surface area contributed by atoms with Crippen LogP contribution in [0, 0.1) is 0 Å². The number of methoxy groups -OCH3 is 1. The Labute approximate surface area is 115 Å². The molecule has 1 heterocycles. The van der Waals surface area contributed by atoms with Crippen molar-refractivity contribution in [3.63, 3.8) is 0 Å². The molecule has 96 valence electrons. The Bertz CT molecular complexity index is 506. The molecule has 0 unspecified atom stereocenters. The zero-order valence-electron chi connectivity index (χ0n) is 10.3. The Kier molecular flexibility index (Phi) is 4.04. The number of hydrogen-bond acceptors (Lipinski definition) is 3. The van der Waals surface area contributed by atoms with Gasteiger partial charge >= 0.3 is 0 Å². The molecule has 5 heteroatoms. The number of rotatable bonds is 3. The molecule has 1 saturated heterocycles. The Morgan fingerprint density at radius 3 is 2.67 bits per heavy atom. The number of amides is 1. The van der Waals surface area contributed by atoms with E-state index in [-0.39, 0.29) is 5.91 Å². The van der Waals surface area contributed by atoms with E-state index in [2.05, 4.69) is 26.6 Å². The van der Waals surface area contributed by atoms with Crippen LogP contribution < -0.4 is 15.4 Å². The molecule has 2 rings (SSSR count). The van der Waals surface area contributed by atoms with Crippen LogP contribution in [0.4, 0.5) is 5.69 Å². The van der Waals surface area contributed by atoms with E-state index in [1.54, 1.807) is 7.11 Å². The predicted octanol–water partition coefficient (Wildman–Crippen LogP) is 2.32. The largest absolute Gasteiger partial charge is 0.496 e. The van der Waals surface area contributed by atoms with Crippen molar-refractivity contribution in [1.82, 2.24) is 5.32 Å². The van der Waals surface area contributed by atoms with Crippen LogP contribution >= 0.6 is 15.9 Å². The first-order chi connectivity index (χ1) is 8.61. The predicted molar refractivity (Wildman–Crippen MR) is 74.9 cm³/mol. The second kappa shape index (κ2) is 5.54. The van der Waals surface area contributed by atoms with Gasteiger partial charge in [-0.2, -0.15) is 0 Å². The van der Waals surface area contributed by atoms with E-state index in [0.717, 1.165) is 34.6 Å². The zero-order chi connectivity index (χ0) is 13.1. The summed E-state index contributed by atoms with van der Waals surface area (Å²) in [7, 11) is 1.61. The molecule has 1 aromatic carbocycles. The lowest BCUT2D eigenvalue weighted by Crippen LogP contribution is -2.36. The molecule has 0 atom stereocenters. The van der Waals surface area contributed by atoms with Crippen molar-refractivity contribution >= 4 is 27.5 Å². The van der Waals surface area contributed by atoms with Gasteiger partial charge < -0.3 is 15.4 Å². The van der Waals surface area contributed by atoms with Gasteiger partial charge in [0.05, 0.1) is 11.6 Å². The first kappa shape index (κ1) is 13.1. The van der Waals surface area contributed by atoms with Gasteiger partial charge in [0.2, 0.25) is 0 Å². The van der Waals surface area contributed by atoms with Crippen LogP contribution in [-0.2, 0) is 4.79 Å². The highest BCUT2D eigenvalue weighted by Gasteiger charge is 2.16. The molecule has 1 aliphatic rings. The first-order valence-corrected chi connectivity index (χ1v) is 6.45. The van der Waals surface area contributed by atoms with Gasteiger partial charge in [-0.25, -0.2) is 0 Å². The normalized spacial score (nSPS) is 13.8. The summed E-state index contributed by atoms with van der Waals surface area (Å²) in [6, 6.07) is 5.46. The lowest BCUT2D eigenvalue weighted by atomic mass is 10.0. The number of ether oxygens (including phenoxy) is 1. The molecule has 0 saturated carbocycles. The molecule has 1 aromatic rings. The highest BCUT2D eigenvalue weighted by Crippen LogP contribution is 2.28. The second-order valence-electron chi connectivity index (χ2n) is 4.14. The lowest BCUT2D eigenvalue weighted by molar-refractivity contribution is -0.112. The molecule has 2 N–H and O–H groups in total. The maximum Gasteiger partial charge on any atom is 0.251 e. The second-order valence-corrected chi connectivity index (χ2v) is 4.99. The van der Waals surface area contributed by atoms with Crippen LogP contribution in [0.25, 0.3) is 0 Å². The summed E-state index contributed by atoms with van der Waals surface area (Å²) in [5.74, 6) is 0.690. The molecule has 1 aliphatic heterocycles. The highest BCUT2D eigenvalue weighted by atomic mass is 79.9. The minimum Gasteiger partial charge on any atom is -0.496 e. The van der Waals surface area contributed by atoms with E-state index in [4.69, 9.17) is 4.74 Å². The van der Waals surface area contributed by atoms with Crippen LogP contribution in [0.5, 0.6) is 5.75 Å². The summed E-state index contributed by atoms with van der Waals surface area (Å²) in [5, 5.41) is 6.00. The van der Waals surface area contributed by atoms with Crippen molar-refractivity contribution in [3.05, 3.63) is 33.8 Å². The van der Waals surface area contributed by atoms with E-state index in [9.17, 15) is 4.79 Å². The Morgan fingerprint density at radius 2 is 2.17 bits per heavy atom. The Balaban J connectivity index is 2.10. The summed E-state index contributed by atoms with van der Waals surface area (Å²) >= 11 is 3.39. The maximum atomic E-state index is 12.0. The van der Waals surface area contributed by atoms with Crippen LogP contribution in [0.15, 0.2) is 33.8 Å². The molecule has 0 spiro atoms. The smallest absolute Gasteiger partial charge is 0.251 e. The van der Waals surface area contributed by atoms with Crippen molar-refractivity contribution in [2.75, 3.05) is 25.5 Å². The van der Waals surface area contributed by atoms with Gasteiger partial charge in [0, 0.05) is 24.4 Å². The zero-order valence-corrected chi connectivity index (χ0v) is 11.9. The van der Waals surface area contributed by atoms with E-state index >= 15 is 0 Å². The topological polar surface area (TPSA) is 50.4 Å². The minimum atomic E-state index is -0.0523. The van der Waals surface area contributed by atoms with Gasteiger partial charge in [-0.3, -0.25) is 4.79 Å². The van der Waals surface area contributed by atoms with Gasteiger partial charge in [0.1, 0.15) is 5.75 Å². The molecule has 18 heavy (non-hydrogen) atoms. The number of nitrogens with one attached hydrogen (secondary N) is 2. The molecule has 4 nitrogen and oxygen atoms in total. The van der Waals surface area contributed by atoms with Gasteiger partial charge in [-0.05, 0) is 46.6 Å². The summed E-state index contributed by atoms with van der Waals surface area (Å²) in [6.07, 6.45) is 0. The van der Waals surface area contributed by atoms with Gasteiger partial charge in [-0.1, -0.05) is 0 Å². The van der Waals surface area contributed by atoms with Crippen molar-refractivity contribution in [2.24, 2.45) is 0 Å². The Morgan fingerprint density at radius 1 is 1.44 bits per heavy atom. The van der Waals surface area contributed by atoms with E-state index in [1.165, 1.54) is 5.57 Å². The molecule has 0 aromatic heterocycles. The van der Waals surface area contributed by atoms with Gasteiger partial charge in [0.25, 0.3) is 5.91 Å². The third-order valence-electron chi connectivity index (χ3n) is 2.96. The van der Waals surface area contributed by atoms with Crippen molar-refractivity contribution in [2.45, 2.75) is 6.92 Å². The summed E-state index contributed by atoms with van der Waals surface area (Å²) < 4.78 is 5.96. The van der Waals surface area contributed by atoms with Crippen molar-refractivity contribution in [3.8, 4) is 5.75 Å². The molecule has 0 radical (unpaired) electrons. The Hall–Kier alpha value is -1.33. The number of benzene rings is 1. The fourth-order valence-electron chi connectivity index (χ4n) is 1.64. The third kappa shape index (κ3) is 2.73. The summed E-state index contributed by atoms with van der Waals surface area (Å²) in [4.78, 5) is 12.0. The SMILES string of the molecule is COc1ccc(NC(=O)C(C)=C2CNC2)cc1Br. The van der Waals surface area contributed by atoms with Crippen molar-refractivity contribution < 1.29 is 9.53 Å². The average molecular weight is 311 g/mol. The monoisotopic (exact) mass is 310 g/mol. The third-order valence-corrected chi connectivity index (χ3v) is 3.58. The van der Waals surface area contributed by atoms with E-state index < -0.39 is 0 Å². The number of halogens is 1. The molecule has 0 aliphatic carbocycles. The minimum absolute atomic E-state index is 0.0523. The maximum absolute atomic E-state index is 12.0.